The summed E-state index contributed by atoms with van der Waals surface area (Å²) in [6, 6.07) is 0. The Balaban J connectivity index is 2.74. The van der Waals surface area contributed by atoms with E-state index in [1.54, 1.807) is 6.92 Å². The second kappa shape index (κ2) is 2.38. The summed E-state index contributed by atoms with van der Waals surface area (Å²) in [6.07, 6.45) is -0.284. The molecule has 0 aliphatic carbocycles. The van der Waals surface area contributed by atoms with Crippen molar-refractivity contribution in [3.8, 4) is 5.95 Å². The van der Waals surface area contributed by atoms with Crippen molar-refractivity contribution < 1.29 is 19.1 Å². The van der Waals surface area contributed by atoms with Gasteiger partial charge in [-0.1, -0.05) is 0 Å². The number of oxazole rings is 1. The Hall–Kier alpha value is -1.52. The van der Waals surface area contributed by atoms with Crippen LogP contribution in [0.1, 0.15) is 5.69 Å². The molecule has 0 saturated carbocycles. The zero-order chi connectivity index (χ0) is 7.56. The van der Waals surface area contributed by atoms with Gasteiger partial charge in [-0.25, -0.2) is 9.78 Å². The zero-order valence-corrected chi connectivity index (χ0v) is 5.20. The molecule has 0 aromatic carbocycles. The molecule has 1 aromatic heterocycles. The van der Waals surface area contributed by atoms with Gasteiger partial charge in [0.05, 0.1) is 0 Å². The highest BCUT2D eigenvalue weighted by molar-refractivity contribution is 5.60. The average molecular weight is 143 g/mol. The molecule has 5 heteroatoms. The predicted molar refractivity (Wildman–Crippen MR) is 29.9 cm³/mol. The Morgan fingerprint density at radius 3 is 3.00 bits per heavy atom. The first-order valence-electron chi connectivity index (χ1n) is 2.51. The third kappa shape index (κ3) is 1.25. The van der Waals surface area contributed by atoms with Gasteiger partial charge in [-0.15, -0.1) is 0 Å². The van der Waals surface area contributed by atoms with Gasteiger partial charge in [0.1, 0.15) is 5.69 Å². The van der Waals surface area contributed by atoms with Gasteiger partial charge >= 0.3 is 12.1 Å². The molecule has 1 rings (SSSR count). The van der Waals surface area contributed by atoms with E-state index >= 15 is 0 Å². The number of nitrogens with zero attached hydrogens (tertiary/aromatic N) is 1. The summed E-state index contributed by atoms with van der Waals surface area (Å²) in [5.74, 6) is -0.0764. The van der Waals surface area contributed by atoms with E-state index < -0.39 is 6.16 Å². The van der Waals surface area contributed by atoms with Crippen LogP contribution in [-0.2, 0) is 0 Å². The first-order chi connectivity index (χ1) is 4.70. The molecule has 0 radical (unpaired) electrons. The molecule has 0 aliphatic heterocycles. The molecule has 0 unspecified atom stereocenters. The number of aryl methyl sites for hydroxylation is 1. The molecular weight excluding hydrogens is 138 g/mol. The molecule has 10 heavy (non-hydrogen) atoms. The molecule has 0 bridgehead atoms. The van der Waals surface area contributed by atoms with Crippen molar-refractivity contribution in [2.75, 3.05) is 0 Å². The molecule has 0 amide bonds. The standard InChI is InChI=1S/C5H5NO4/c1-3-4(9-2-6-3)10-5(7)8/h2H,1H3,(H,7,8). The minimum Gasteiger partial charge on any atom is -0.449 e. The highest BCUT2D eigenvalue weighted by atomic mass is 16.7. The van der Waals surface area contributed by atoms with Gasteiger partial charge in [0.25, 0.3) is 0 Å². The quantitative estimate of drug-likeness (QED) is 0.594. The number of aromatic nitrogens is 1. The SMILES string of the molecule is Cc1ncoc1OC(=O)O. The lowest BCUT2D eigenvalue weighted by Crippen LogP contribution is -2.02. The normalized spacial score (nSPS) is 9.30. The Bertz CT molecular complexity index is 242. The molecule has 1 N–H and O–H groups in total. The van der Waals surface area contributed by atoms with Crippen molar-refractivity contribution in [2.24, 2.45) is 0 Å². The molecule has 0 saturated heterocycles. The summed E-state index contributed by atoms with van der Waals surface area (Å²) < 4.78 is 8.73. The maximum Gasteiger partial charge on any atom is 0.513 e. The Morgan fingerprint density at radius 2 is 2.60 bits per heavy atom. The van der Waals surface area contributed by atoms with Gasteiger partial charge in [-0.3, -0.25) is 0 Å². The predicted octanol–water partition coefficient (Wildman–Crippen LogP) is 1.04. The van der Waals surface area contributed by atoms with E-state index in [4.69, 9.17) is 5.11 Å². The van der Waals surface area contributed by atoms with Crippen LogP contribution < -0.4 is 4.74 Å². The van der Waals surface area contributed by atoms with E-state index in [0.29, 0.717) is 5.69 Å². The Morgan fingerprint density at radius 1 is 1.90 bits per heavy atom. The summed E-state index contributed by atoms with van der Waals surface area (Å²) >= 11 is 0. The van der Waals surface area contributed by atoms with Crippen molar-refractivity contribution in [3.05, 3.63) is 12.1 Å². The van der Waals surface area contributed by atoms with Crippen LogP contribution in [0.5, 0.6) is 5.95 Å². The number of rotatable bonds is 1. The van der Waals surface area contributed by atoms with Crippen molar-refractivity contribution >= 4 is 6.16 Å². The van der Waals surface area contributed by atoms with Crippen molar-refractivity contribution in [2.45, 2.75) is 6.92 Å². The fourth-order valence-corrected chi connectivity index (χ4v) is 0.468. The van der Waals surface area contributed by atoms with Crippen LogP contribution in [0.4, 0.5) is 4.79 Å². The van der Waals surface area contributed by atoms with Crippen LogP contribution in [0.3, 0.4) is 0 Å². The molecule has 5 nitrogen and oxygen atoms in total. The summed E-state index contributed by atoms with van der Waals surface area (Å²) in [5, 5.41) is 8.10. The highest BCUT2D eigenvalue weighted by Crippen LogP contribution is 2.14. The zero-order valence-electron chi connectivity index (χ0n) is 5.20. The first kappa shape index (κ1) is 6.60. The first-order valence-corrected chi connectivity index (χ1v) is 2.51. The van der Waals surface area contributed by atoms with Crippen LogP contribution >= 0.6 is 0 Å². The van der Waals surface area contributed by atoms with Crippen LogP contribution in [0.15, 0.2) is 10.8 Å². The number of carbonyl (C=O) groups is 1. The minimum atomic E-state index is -1.40. The second-order valence-electron chi connectivity index (χ2n) is 1.59. The smallest absolute Gasteiger partial charge is 0.449 e. The average Bonchev–Trinajstić information content (AvgIpc) is 2.15. The maximum absolute atomic E-state index is 9.91. The topological polar surface area (TPSA) is 72.6 Å². The van der Waals surface area contributed by atoms with Gasteiger partial charge in [-0.05, 0) is 6.92 Å². The van der Waals surface area contributed by atoms with Crippen molar-refractivity contribution in [3.63, 3.8) is 0 Å². The maximum atomic E-state index is 9.91. The lowest BCUT2D eigenvalue weighted by Gasteiger charge is -1.91. The number of hydrogen-bond acceptors (Lipinski definition) is 4. The van der Waals surface area contributed by atoms with Gasteiger partial charge in [0, 0.05) is 0 Å². The molecule has 1 aromatic rings. The summed E-state index contributed by atoms with van der Waals surface area (Å²) in [6.45, 7) is 1.59. The molecular formula is C5H5NO4. The lowest BCUT2D eigenvalue weighted by molar-refractivity contribution is 0.132. The van der Waals surface area contributed by atoms with E-state index in [1.165, 1.54) is 0 Å². The third-order valence-electron chi connectivity index (χ3n) is 0.882. The van der Waals surface area contributed by atoms with Crippen LogP contribution in [-0.4, -0.2) is 16.2 Å². The van der Waals surface area contributed by atoms with Crippen LogP contribution in [0.25, 0.3) is 0 Å². The van der Waals surface area contributed by atoms with E-state index in [9.17, 15) is 4.79 Å². The van der Waals surface area contributed by atoms with Crippen molar-refractivity contribution in [1.29, 1.82) is 0 Å². The summed E-state index contributed by atoms with van der Waals surface area (Å²) in [7, 11) is 0. The van der Waals surface area contributed by atoms with Crippen LogP contribution in [0.2, 0.25) is 0 Å². The largest absolute Gasteiger partial charge is 0.513 e. The fourth-order valence-electron chi connectivity index (χ4n) is 0.468. The monoisotopic (exact) mass is 143 g/mol. The summed E-state index contributed by atoms with van der Waals surface area (Å²) in [4.78, 5) is 13.5. The highest BCUT2D eigenvalue weighted by Gasteiger charge is 2.07. The number of hydrogen-bond donors (Lipinski definition) is 1. The minimum absolute atomic E-state index is 0.0764. The Kier molecular flexibility index (Phi) is 1.57. The molecule has 0 fully saturated rings. The lowest BCUT2D eigenvalue weighted by atomic mass is 10.5. The molecule has 0 aliphatic rings. The van der Waals surface area contributed by atoms with Crippen molar-refractivity contribution in [1.82, 2.24) is 4.98 Å². The van der Waals surface area contributed by atoms with Crippen LogP contribution in [0, 0.1) is 6.92 Å². The van der Waals surface area contributed by atoms with Gasteiger partial charge in [0.15, 0.2) is 6.39 Å². The second-order valence-corrected chi connectivity index (χ2v) is 1.59. The van der Waals surface area contributed by atoms with E-state index in [1.807, 2.05) is 0 Å². The Labute approximate surface area is 56.2 Å². The van der Waals surface area contributed by atoms with Gasteiger partial charge in [0.2, 0.25) is 0 Å². The van der Waals surface area contributed by atoms with Gasteiger partial charge < -0.3 is 14.3 Å². The number of carboxylic acid groups (broad SMARTS) is 1. The van der Waals surface area contributed by atoms with E-state index in [-0.39, 0.29) is 5.95 Å². The molecule has 0 spiro atoms. The van der Waals surface area contributed by atoms with E-state index in [2.05, 4.69) is 14.1 Å². The van der Waals surface area contributed by atoms with E-state index in [0.717, 1.165) is 6.39 Å². The third-order valence-corrected chi connectivity index (χ3v) is 0.882. The van der Waals surface area contributed by atoms with Gasteiger partial charge in [-0.2, -0.15) is 0 Å². The summed E-state index contributed by atoms with van der Waals surface area (Å²) in [5.41, 5.74) is 0.419. The fraction of sp³-hybridized carbons (Fsp3) is 0.200. The molecule has 54 valence electrons. The molecule has 1 heterocycles. The molecule has 0 atom stereocenters. The number of ether oxygens (including phenoxy) is 1.